The summed E-state index contributed by atoms with van der Waals surface area (Å²) in [6.45, 7) is 13.2. The molecule has 0 radical (unpaired) electrons. The normalized spacial score (nSPS) is 14.5. The number of hydrogen-bond donors (Lipinski definition) is 3. The van der Waals surface area contributed by atoms with Gasteiger partial charge in [0.2, 0.25) is 5.91 Å². The molecule has 5 N–H and O–H groups in total. The van der Waals surface area contributed by atoms with Crippen molar-refractivity contribution in [3.63, 3.8) is 0 Å². The van der Waals surface area contributed by atoms with Crippen molar-refractivity contribution >= 4 is 11.9 Å². The molecule has 1 saturated carbocycles. The first-order chi connectivity index (χ1) is 12.8. The van der Waals surface area contributed by atoms with Gasteiger partial charge in [-0.15, -0.1) is 0 Å². The van der Waals surface area contributed by atoms with Crippen LogP contribution in [0.4, 0.5) is 0 Å². The SMILES string of the molecule is CC.CC(C)C1CCCCC1.CCCC(N)=O.CCC[C@@H](CN)CC(=O)O. The Morgan fingerprint density at radius 3 is 1.78 bits per heavy atom. The monoisotopic (exact) mass is 388 g/mol. The van der Waals surface area contributed by atoms with E-state index in [2.05, 4.69) is 13.8 Å². The molecular weight excluding hydrogens is 340 g/mol. The molecule has 1 fully saturated rings. The van der Waals surface area contributed by atoms with E-state index >= 15 is 0 Å². The summed E-state index contributed by atoms with van der Waals surface area (Å²) < 4.78 is 0. The molecule has 164 valence electrons. The molecule has 0 bridgehead atoms. The number of aliphatic carboxylic acids is 1. The number of nitrogens with two attached hydrogens (primary N) is 2. The van der Waals surface area contributed by atoms with Gasteiger partial charge in [0.15, 0.2) is 0 Å². The lowest BCUT2D eigenvalue weighted by molar-refractivity contribution is -0.138. The van der Waals surface area contributed by atoms with Crippen LogP contribution in [0.2, 0.25) is 0 Å². The average Bonchev–Trinajstić information content (AvgIpc) is 2.64. The van der Waals surface area contributed by atoms with Gasteiger partial charge in [-0.2, -0.15) is 0 Å². The standard InChI is InChI=1S/C9H18.C7H15NO2.C4H9NO.C2H6/c1-8(2)9-6-4-3-5-7-9;1-2-3-6(5-8)4-7(9)10;1-2-3-4(5)6;1-2/h8-9H,3-7H2,1-2H3;6H,2-5,8H2,1H3,(H,9,10);2-3H2,1H3,(H2,5,6);1-2H3/t;6-;;/m.1../s1. The molecule has 0 aliphatic heterocycles. The summed E-state index contributed by atoms with van der Waals surface area (Å²) in [4.78, 5) is 20.0. The highest BCUT2D eigenvalue weighted by Gasteiger charge is 2.15. The zero-order valence-electron chi connectivity index (χ0n) is 18.9. The number of carbonyl (C=O) groups excluding carboxylic acids is 1. The Morgan fingerprint density at radius 1 is 1.04 bits per heavy atom. The topological polar surface area (TPSA) is 106 Å². The van der Waals surface area contributed by atoms with Gasteiger partial charge >= 0.3 is 5.97 Å². The molecule has 0 unspecified atom stereocenters. The molecule has 0 aromatic carbocycles. The first-order valence-electron chi connectivity index (χ1n) is 11.0. The van der Waals surface area contributed by atoms with Crippen LogP contribution in [0.25, 0.3) is 0 Å². The van der Waals surface area contributed by atoms with Crippen LogP contribution in [0.3, 0.4) is 0 Å². The maximum absolute atomic E-state index is 10.2. The second kappa shape index (κ2) is 22.9. The number of carboxylic acid groups (broad SMARTS) is 1. The van der Waals surface area contributed by atoms with Crippen molar-refractivity contribution in [2.75, 3.05) is 6.54 Å². The van der Waals surface area contributed by atoms with Gasteiger partial charge in [-0.25, -0.2) is 0 Å². The van der Waals surface area contributed by atoms with Crippen LogP contribution in [0.1, 0.15) is 106 Å². The van der Waals surface area contributed by atoms with Gasteiger partial charge in [0.05, 0.1) is 0 Å². The minimum Gasteiger partial charge on any atom is -0.481 e. The van der Waals surface area contributed by atoms with Crippen molar-refractivity contribution in [3.8, 4) is 0 Å². The number of hydrogen-bond acceptors (Lipinski definition) is 3. The number of rotatable bonds is 8. The lowest BCUT2D eigenvalue weighted by Gasteiger charge is -2.24. The van der Waals surface area contributed by atoms with Crippen LogP contribution >= 0.6 is 0 Å². The molecular formula is C22H48N2O3. The highest BCUT2D eigenvalue weighted by Crippen LogP contribution is 2.29. The quantitative estimate of drug-likeness (QED) is 0.520. The van der Waals surface area contributed by atoms with Crippen molar-refractivity contribution < 1.29 is 14.7 Å². The maximum Gasteiger partial charge on any atom is 0.303 e. The Labute approximate surface area is 168 Å². The number of primary amides is 1. The van der Waals surface area contributed by atoms with E-state index in [0.717, 1.165) is 31.1 Å². The fraction of sp³-hybridized carbons (Fsp3) is 0.909. The van der Waals surface area contributed by atoms with Gasteiger partial charge in [0.1, 0.15) is 0 Å². The van der Waals surface area contributed by atoms with E-state index < -0.39 is 5.97 Å². The molecule has 1 aliphatic rings. The molecule has 0 aromatic rings. The summed E-state index contributed by atoms with van der Waals surface area (Å²) in [7, 11) is 0. The predicted octanol–water partition coefficient (Wildman–Crippen LogP) is 5.36. The first kappa shape index (κ1) is 30.6. The summed E-state index contributed by atoms with van der Waals surface area (Å²) >= 11 is 0. The first-order valence-corrected chi connectivity index (χ1v) is 11.0. The predicted molar refractivity (Wildman–Crippen MR) is 117 cm³/mol. The molecule has 0 saturated heterocycles. The van der Waals surface area contributed by atoms with Gasteiger partial charge < -0.3 is 16.6 Å². The van der Waals surface area contributed by atoms with Crippen LogP contribution in [0.15, 0.2) is 0 Å². The maximum atomic E-state index is 10.2. The van der Waals surface area contributed by atoms with Crippen molar-refractivity contribution in [2.24, 2.45) is 29.2 Å². The van der Waals surface area contributed by atoms with Gasteiger partial charge in [0, 0.05) is 12.8 Å². The molecule has 27 heavy (non-hydrogen) atoms. The summed E-state index contributed by atoms with van der Waals surface area (Å²) in [5, 5.41) is 8.39. The molecule has 1 atom stereocenters. The molecule has 5 heteroatoms. The van der Waals surface area contributed by atoms with Crippen molar-refractivity contribution in [1.29, 1.82) is 0 Å². The van der Waals surface area contributed by atoms with E-state index in [-0.39, 0.29) is 18.2 Å². The van der Waals surface area contributed by atoms with Gasteiger partial charge in [0.25, 0.3) is 0 Å². The van der Waals surface area contributed by atoms with Gasteiger partial charge in [-0.05, 0) is 37.1 Å². The molecule has 5 nitrogen and oxygen atoms in total. The zero-order chi connectivity index (χ0) is 21.7. The van der Waals surface area contributed by atoms with E-state index in [9.17, 15) is 9.59 Å². The highest BCUT2D eigenvalue weighted by molar-refractivity contribution is 5.73. The minimum absolute atomic E-state index is 0.169. The van der Waals surface area contributed by atoms with Crippen LogP contribution in [0, 0.1) is 17.8 Å². The second-order valence-electron chi connectivity index (χ2n) is 7.35. The average molecular weight is 389 g/mol. The summed E-state index contributed by atoms with van der Waals surface area (Å²) in [5.74, 6) is 1.20. The van der Waals surface area contributed by atoms with E-state index in [4.69, 9.17) is 16.6 Å². The Bertz CT molecular complexity index is 328. The summed E-state index contributed by atoms with van der Waals surface area (Å²) in [6, 6.07) is 0. The van der Waals surface area contributed by atoms with Crippen molar-refractivity contribution in [1.82, 2.24) is 0 Å². The van der Waals surface area contributed by atoms with Crippen molar-refractivity contribution in [2.45, 2.75) is 106 Å². The third-order valence-corrected chi connectivity index (χ3v) is 4.58. The van der Waals surface area contributed by atoms with E-state index in [1.807, 2.05) is 27.7 Å². The summed E-state index contributed by atoms with van der Waals surface area (Å²) in [6.07, 6.45) is 11.0. The van der Waals surface area contributed by atoms with Crippen LogP contribution in [0.5, 0.6) is 0 Å². The lowest BCUT2D eigenvalue weighted by atomic mass is 9.82. The third-order valence-electron chi connectivity index (χ3n) is 4.58. The lowest BCUT2D eigenvalue weighted by Crippen LogP contribution is -2.17. The summed E-state index contributed by atoms with van der Waals surface area (Å²) in [5.41, 5.74) is 10.1. The Hall–Kier alpha value is -1.10. The third kappa shape index (κ3) is 24.9. The molecule has 1 aliphatic carbocycles. The molecule has 0 heterocycles. The van der Waals surface area contributed by atoms with Crippen LogP contribution < -0.4 is 11.5 Å². The molecule has 1 rings (SSSR count). The van der Waals surface area contributed by atoms with Crippen molar-refractivity contribution in [3.05, 3.63) is 0 Å². The molecule has 0 aromatic heterocycles. The fourth-order valence-electron chi connectivity index (χ4n) is 3.01. The van der Waals surface area contributed by atoms with Gasteiger partial charge in [-0.3, -0.25) is 9.59 Å². The number of carbonyl (C=O) groups is 2. The zero-order valence-corrected chi connectivity index (χ0v) is 18.9. The van der Waals surface area contributed by atoms with E-state index in [0.29, 0.717) is 13.0 Å². The van der Waals surface area contributed by atoms with Gasteiger partial charge in [-0.1, -0.05) is 80.1 Å². The number of carboxylic acids is 1. The smallest absolute Gasteiger partial charge is 0.303 e. The minimum atomic E-state index is -0.746. The Balaban J connectivity index is -0.000000314. The molecule has 1 amide bonds. The van der Waals surface area contributed by atoms with Crippen LogP contribution in [-0.4, -0.2) is 23.5 Å². The highest BCUT2D eigenvalue weighted by atomic mass is 16.4. The Morgan fingerprint density at radius 2 is 1.56 bits per heavy atom. The van der Waals surface area contributed by atoms with Crippen LogP contribution in [-0.2, 0) is 9.59 Å². The Kier molecular flexibility index (Phi) is 26.0. The van der Waals surface area contributed by atoms with E-state index in [1.165, 1.54) is 32.1 Å². The largest absolute Gasteiger partial charge is 0.481 e. The van der Waals surface area contributed by atoms with E-state index in [1.54, 1.807) is 0 Å². The molecule has 0 spiro atoms. The fourth-order valence-corrected chi connectivity index (χ4v) is 3.01. The second-order valence-corrected chi connectivity index (χ2v) is 7.35. The number of amides is 1.